The summed E-state index contributed by atoms with van der Waals surface area (Å²) in [6, 6.07) is 2.26. The largest absolute Gasteiger partial charge is 0.465 e. The molecule has 0 aliphatic heterocycles. The van der Waals surface area contributed by atoms with Crippen LogP contribution in [0.4, 0.5) is 0 Å². The highest BCUT2D eigenvalue weighted by molar-refractivity contribution is 7.89. The number of halogens is 1. The van der Waals surface area contributed by atoms with Crippen LogP contribution in [0.3, 0.4) is 0 Å². The number of hydrogen-bond donors (Lipinski definition) is 1. The Morgan fingerprint density at radius 3 is 2.53 bits per heavy atom. The van der Waals surface area contributed by atoms with Crippen molar-refractivity contribution >= 4 is 27.6 Å². The van der Waals surface area contributed by atoms with Gasteiger partial charge in [-0.25, -0.2) is 23.3 Å². The molecule has 15 heavy (non-hydrogen) atoms. The van der Waals surface area contributed by atoms with E-state index in [1.165, 1.54) is 13.2 Å². The van der Waals surface area contributed by atoms with Crippen molar-refractivity contribution in [1.29, 1.82) is 0 Å². The highest BCUT2D eigenvalue weighted by Gasteiger charge is 2.16. The van der Waals surface area contributed by atoms with E-state index in [1.807, 2.05) is 0 Å². The quantitative estimate of drug-likeness (QED) is 0.596. The van der Waals surface area contributed by atoms with E-state index in [4.69, 9.17) is 16.7 Å². The van der Waals surface area contributed by atoms with Crippen LogP contribution in [0.15, 0.2) is 17.2 Å². The van der Waals surface area contributed by atoms with Crippen molar-refractivity contribution in [3.8, 4) is 0 Å². The zero-order valence-corrected chi connectivity index (χ0v) is 9.17. The van der Waals surface area contributed by atoms with Crippen molar-refractivity contribution in [3.05, 3.63) is 22.8 Å². The van der Waals surface area contributed by atoms with Crippen molar-refractivity contribution < 1.29 is 17.9 Å². The van der Waals surface area contributed by atoms with Crippen molar-refractivity contribution in [3.63, 3.8) is 0 Å². The lowest BCUT2D eigenvalue weighted by atomic mass is 10.3. The van der Waals surface area contributed by atoms with E-state index in [9.17, 15) is 13.2 Å². The van der Waals surface area contributed by atoms with Gasteiger partial charge in [0.1, 0.15) is 5.15 Å². The molecule has 0 aliphatic rings. The fourth-order valence-corrected chi connectivity index (χ4v) is 1.60. The summed E-state index contributed by atoms with van der Waals surface area (Å²) in [5.41, 5.74) is -0.0217. The Balaban J connectivity index is 3.27. The van der Waals surface area contributed by atoms with Crippen LogP contribution in [0.5, 0.6) is 0 Å². The van der Waals surface area contributed by atoms with Crippen molar-refractivity contribution in [2.45, 2.75) is 5.03 Å². The number of carbonyl (C=O) groups excluding carboxylic acids is 1. The number of carbonyl (C=O) groups is 1. The SMILES string of the molecule is COC(=O)c1ccc(S(N)(=O)=O)nc1Cl. The highest BCUT2D eigenvalue weighted by Crippen LogP contribution is 2.16. The van der Waals surface area contributed by atoms with Crippen molar-refractivity contribution in [1.82, 2.24) is 4.98 Å². The first-order chi connectivity index (χ1) is 6.86. The number of sulfonamides is 1. The number of methoxy groups -OCH3 is 1. The van der Waals surface area contributed by atoms with E-state index in [1.54, 1.807) is 0 Å². The smallest absolute Gasteiger partial charge is 0.341 e. The zero-order valence-electron chi connectivity index (χ0n) is 7.60. The molecule has 1 rings (SSSR count). The first kappa shape index (κ1) is 11.9. The lowest BCUT2D eigenvalue weighted by molar-refractivity contribution is 0.0600. The van der Waals surface area contributed by atoms with Gasteiger partial charge in [-0.1, -0.05) is 11.6 Å². The molecule has 0 radical (unpaired) electrons. The molecule has 8 heteroatoms. The Morgan fingerprint density at radius 1 is 1.53 bits per heavy atom. The molecule has 0 amide bonds. The van der Waals surface area contributed by atoms with Gasteiger partial charge >= 0.3 is 5.97 Å². The molecular weight excluding hydrogens is 244 g/mol. The molecule has 0 spiro atoms. The van der Waals surface area contributed by atoms with Crippen LogP contribution in [-0.4, -0.2) is 26.5 Å². The molecule has 2 N–H and O–H groups in total. The molecule has 1 heterocycles. The average molecular weight is 251 g/mol. The average Bonchev–Trinajstić information content (AvgIpc) is 2.15. The number of esters is 1. The normalized spacial score (nSPS) is 11.1. The minimum absolute atomic E-state index is 0.0217. The Morgan fingerprint density at radius 2 is 2.13 bits per heavy atom. The number of nitrogens with zero attached hydrogens (tertiary/aromatic N) is 1. The Bertz CT molecular complexity index is 500. The second kappa shape index (κ2) is 4.13. The van der Waals surface area contributed by atoms with Gasteiger partial charge in [0.25, 0.3) is 10.0 Å². The molecule has 6 nitrogen and oxygen atoms in total. The molecular formula is C7H7ClN2O4S. The number of aromatic nitrogens is 1. The molecule has 1 aromatic rings. The number of pyridine rings is 1. The molecule has 1 aromatic heterocycles. The van der Waals surface area contributed by atoms with E-state index in [0.29, 0.717) is 0 Å². The molecule has 0 atom stereocenters. The Kier molecular flexibility index (Phi) is 3.28. The predicted molar refractivity (Wildman–Crippen MR) is 52.0 cm³/mol. The second-order valence-electron chi connectivity index (χ2n) is 2.52. The van der Waals surface area contributed by atoms with Crippen LogP contribution in [0, 0.1) is 0 Å². The fourth-order valence-electron chi connectivity index (χ4n) is 0.838. The summed E-state index contributed by atoms with van der Waals surface area (Å²) in [6.45, 7) is 0. The third kappa shape index (κ3) is 2.65. The lowest BCUT2D eigenvalue weighted by Gasteiger charge is -2.02. The van der Waals surface area contributed by atoms with Gasteiger partial charge in [0.15, 0.2) is 5.03 Å². The Hall–Kier alpha value is -1.18. The summed E-state index contributed by atoms with van der Waals surface area (Å²) < 4.78 is 26.2. The van der Waals surface area contributed by atoms with Crippen LogP contribution in [0.25, 0.3) is 0 Å². The molecule has 0 aromatic carbocycles. The van der Waals surface area contributed by atoms with Crippen molar-refractivity contribution in [2.75, 3.05) is 7.11 Å². The van der Waals surface area contributed by atoms with E-state index < -0.39 is 21.0 Å². The maximum Gasteiger partial charge on any atom is 0.341 e. The van der Waals surface area contributed by atoms with Gasteiger partial charge in [0.2, 0.25) is 0 Å². The number of nitrogens with two attached hydrogens (primary N) is 1. The Labute approximate surface area is 91.1 Å². The minimum atomic E-state index is -3.92. The van der Waals surface area contributed by atoms with Crippen LogP contribution in [-0.2, 0) is 14.8 Å². The van der Waals surface area contributed by atoms with Crippen molar-refractivity contribution in [2.24, 2.45) is 5.14 Å². The number of ether oxygens (including phenoxy) is 1. The van der Waals surface area contributed by atoms with Gasteiger partial charge in [-0.15, -0.1) is 0 Å². The summed E-state index contributed by atoms with van der Waals surface area (Å²) in [4.78, 5) is 14.5. The van der Waals surface area contributed by atoms with E-state index in [2.05, 4.69) is 9.72 Å². The summed E-state index contributed by atoms with van der Waals surface area (Å²) in [7, 11) is -2.75. The van der Waals surface area contributed by atoms with Gasteiger partial charge in [-0.3, -0.25) is 0 Å². The topological polar surface area (TPSA) is 99.4 Å². The number of hydrogen-bond acceptors (Lipinski definition) is 5. The van der Waals surface area contributed by atoms with E-state index in [0.717, 1.165) is 6.07 Å². The number of rotatable bonds is 2. The minimum Gasteiger partial charge on any atom is -0.465 e. The van der Waals surface area contributed by atoms with Gasteiger partial charge in [-0.2, -0.15) is 0 Å². The summed E-state index contributed by atoms with van der Waals surface area (Å²) >= 11 is 5.58. The summed E-state index contributed by atoms with van der Waals surface area (Å²) in [5.74, 6) is -0.700. The third-order valence-corrected chi connectivity index (χ3v) is 2.62. The fraction of sp³-hybridized carbons (Fsp3) is 0.143. The molecule has 0 bridgehead atoms. The first-order valence-electron chi connectivity index (χ1n) is 3.64. The van der Waals surface area contributed by atoms with Gasteiger partial charge in [0, 0.05) is 0 Å². The summed E-state index contributed by atoms with van der Waals surface area (Å²) in [6.07, 6.45) is 0. The lowest BCUT2D eigenvalue weighted by Crippen LogP contribution is -2.15. The summed E-state index contributed by atoms with van der Waals surface area (Å²) in [5, 5.41) is 4.15. The van der Waals surface area contributed by atoms with E-state index in [-0.39, 0.29) is 10.7 Å². The van der Waals surface area contributed by atoms with Gasteiger partial charge < -0.3 is 4.74 Å². The zero-order chi connectivity index (χ0) is 11.6. The standard InChI is InChI=1S/C7H7ClN2O4S/c1-14-7(11)4-2-3-5(10-6(4)8)15(9,12)13/h2-3H,1H3,(H2,9,12,13). The highest BCUT2D eigenvalue weighted by atomic mass is 35.5. The molecule has 0 saturated heterocycles. The number of primary sulfonamides is 1. The third-order valence-electron chi connectivity index (χ3n) is 1.52. The maximum absolute atomic E-state index is 11.1. The van der Waals surface area contributed by atoms with Gasteiger partial charge in [0.05, 0.1) is 12.7 Å². The first-order valence-corrected chi connectivity index (χ1v) is 5.56. The monoisotopic (exact) mass is 250 g/mol. The van der Waals surface area contributed by atoms with Crippen LogP contribution in [0.1, 0.15) is 10.4 Å². The van der Waals surface area contributed by atoms with Crippen LogP contribution in [0.2, 0.25) is 5.15 Å². The predicted octanol–water partition coefficient (Wildman–Crippen LogP) is 0.169. The van der Waals surface area contributed by atoms with Crippen LogP contribution < -0.4 is 5.14 Å². The molecule has 82 valence electrons. The van der Waals surface area contributed by atoms with Gasteiger partial charge in [-0.05, 0) is 12.1 Å². The van der Waals surface area contributed by atoms with E-state index >= 15 is 0 Å². The second-order valence-corrected chi connectivity index (χ2v) is 4.39. The van der Waals surface area contributed by atoms with Crippen LogP contribution >= 0.6 is 11.6 Å². The molecule has 0 aliphatic carbocycles. The molecule has 0 saturated carbocycles. The maximum atomic E-state index is 11.1. The molecule has 0 fully saturated rings. The molecule has 0 unspecified atom stereocenters.